The van der Waals surface area contributed by atoms with Crippen molar-refractivity contribution in [2.75, 3.05) is 32.8 Å². The summed E-state index contributed by atoms with van der Waals surface area (Å²) in [6.07, 6.45) is 3.28. The number of nitrogens with one attached hydrogen (secondary N) is 2. The van der Waals surface area contributed by atoms with Crippen LogP contribution in [0.25, 0.3) is 0 Å². The van der Waals surface area contributed by atoms with E-state index in [4.69, 9.17) is 9.84 Å². The Kier molecular flexibility index (Phi) is 9.53. The molecule has 172 valence electrons. The van der Waals surface area contributed by atoms with E-state index in [1.54, 1.807) is 12.1 Å². The van der Waals surface area contributed by atoms with Crippen LogP contribution in [0.5, 0.6) is 5.75 Å². The maximum absolute atomic E-state index is 12.5. The lowest BCUT2D eigenvalue weighted by Crippen LogP contribution is -2.37. The maximum Gasteiger partial charge on any atom is 0.251 e. The number of nitrogens with zero attached hydrogens (tertiary/aromatic N) is 1. The van der Waals surface area contributed by atoms with Gasteiger partial charge in [0.1, 0.15) is 5.75 Å². The van der Waals surface area contributed by atoms with Gasteiger partial charge in [-0.15, -0.1) is 0 Å². The Hall–Kier alpha value is -2.90. The molecule has 2 amide bonds. The first-order chi connectivity index (χ1) is 15.7. The minimum Gasteiger partial charge on any atom is -0.493 e. The highest BCUT2D eigenvalue weighted by atomic mass is 16.5. The zero-order valence-electron chi connectivity index (χ0n) is 18.5. The fourth-order valence-electron chi connectivity index (χ4n) is 3.67. The molecule has 0 bridgehead atoms. The first-order valence-corrected chi connectivity index (χ1v) is 11.3. The van der Waals surface area contributed by atoms with Crippen LogP contribution < -0.4 is 15.4 Å². The summed E-state index contributed by atoms with van der Waals surface area (Å²) in [5.74, 6) is 0.508. The summed E-state index contributed by atoms with van der Waals surface area (Å²) < 4.78 is 6.09. The van der Waals surface area contributed by atoms with Gasteiger partial charge in [-0.25, -0.2) is 0 Å². The minimum atomic E-state index is -0.187. The lowest BCUT2D eigenvalue weighted by molar-refractivity contribution is -0.122. The second-order valence-electron chi connectivity index (χ2n) is 8.05. The smallest absolute Gasteiger partial charge is 0.251 e. The molecule has 0 unspecified atom stereocenters. The molecule has 0 saturated carbocycles. The molecule has 1 heterocycles. The van der Waals surface area contributed by atoms with Crippen LogP contribution in [0.1, 0.15) is 47.2 Å². The van der Waals surface area contributed by atoms with E-state index in [2.05, 4.69) is 27.7 Å². The van der Waals surface area contributed by atoms with Gasteiger partial charge in [0.05, 0.1) is 13.2 Å². The standard InChI is InChI=1S/C25H33N3O4/c29-14-7-13-27-25(31)21-10-11-22-18-28(17-20-8-3-1-4-9-20)19-24(30)26-12-5-2-6-15-32-23(22)16-21/h1,3-4,8-11,16,29H,2,5-7,12-15,17-19H2,(H,26,30)(H,27,31). The third kappa shape index (κ3) is 7.66. The van der Waals surface area contributed by atoms with Crippen molar-refractivity contribution in [2.24, 2.45) is 0 Å². The molecule has 0 aliphatic carbocycles. The van der Waals surface area contributed by atoms with E-state index in [9.17, 15) is 9.59 Å². The minimum absolute atomic E-state index is 0.0162. The van der Waals surface area contributed by atoms with E-state index in [0.29, 0.717) is 50.5 Å². The van der Waals surface area contributed by atoms with Gasteiger partial charge >= 0.3 is 0 Å². The van der Waals surface area contributed by atoms with Crippen molar-refractivity contribution in [1.29, 1.82) is 0 Å². The highest BCUT2D eigenvalue weighted by molar-refractivity contribution is 5.94. The number of benzene rings is 2. The van der Waals surface area contributed by atoms with Gasteiger partial charge in [0.15, 0.2) is 0 Å². The molecule has 0 radical (unpaired) electrons. The highest BCUT2D eigenvalue weighted by Gasteiger charge is 2.17. The Morgan fingerprint density at radius 1 is 1.09 bits per heavy atom. The van der Waals surface area contributed by atoms with E-state index < -0.39 is 0 Å². The summed E-state index contributed by atoms with van der Waals surface area (Å²) in [6.45, 7) is 3.16. The molecule has 1 aliphatic rings. The van der Waals surface area contributed by atoms with Crippen LogP contribution >= 0.6 is 0 Å². The lowest BCUT2D eigenvalue weighted by atomic mass is 10.1. The third-order valence-corrected chi connectivity index (χ3v) is 5.36. The van der Waals surface area contributed by atoms with Crippen LogP contribution in [0.3, 0.4) is 0 Å². The molecule has 0 fully saturated rings. The Balaban J connectivity index is 1.82. The van der Waals surface area contributed by atoms with Crippen LogP contribution in [0.4, 0.5) is 0 Å². The summed E-state index contributed by atoms with van der Waals surface area (Å²) in [7, 11) is 0. The van der Waals surface area contributed by atoms with Crippen molar-refractivity contribution in [3.8, 4) is 5.75 Å². The van der Waals surface area contributed by atoms with Gasteiger partial charge in [0, 0.05) is 43.9 Å². The average molecular weight is 440 g/mol. The van der Waals surface area contributed by atoms with Gasteiger partial charge in [-0.1, -0.05) is 36.4 Å². The number of aliphatic hydroxyl groups is 1. The number of amides is 2. The van der Waals surface area contributed by atoms with Crippen molar-refractivity contribution >= 4 is 11.8 Å². The summed E-state index contributed by atoms with van der Waals surface area (Å²) >= 11 is 0. The monoisotopic (exact) mass is 439 g/mol. The number of carbonyl (C=O) groups is 2. The summed E-state index contributed by atoms with van der Waals surface area (Å²) in [6, 6.07) is 15.5. The summed E-state index contributed by atoms with van der Waals surface area (Å²) in [4.78, 5) is 27.1. The van der Waals surface area contributed by atoms with Crippen molar-refractivity contribution < 1.29 is 19.4 Å². The predicted octanol–water partition coefficient (Wildman–Crippen LogP) is 2.48. The SMILES string of the molecule is O=C1CN(Cc2ccccc2)Cc2ccc(C(=O)NCCCO)cc2OCCCCCN1. The second-order valence-corrected chi connectivity index (χ2v) is 8.05. The number of fused-ring (bicyclic) bond motifs is 1. The first kappa shape index (κ1) is 23.8. The lowest BCUT2D eigenvalue weighted by Gasteiger charge is -2.23. The summed E-state index contributed by atoms with van der Waals surface area (Å²) in [5.41, 5.74) is 2.60. The Morgan fingerprint density at radius 3 is 2.75 bits per heavy atom. The number of hydrogen-bond acceptors (Lipinski definition) is 5. The van der Waals surface area contributed by atoms with Crippen LogP contribution in [-0.4, -0.2) is 54.7 Å². The van der Waals surface area contributed by atoms with Crippen LogP contribution in [-0.2, 0) is 17.9 Å². The van der Waals surface area contributed by atoms with Crippen LogP contribution in [0, 0.1) is 0 Å². The van der Waals surface area contributed by atoms with Crippen molar-refractivity contribution in [3.63, 3.8) is 0 Å². The molecular formula is C25H33N3O4. The molecule has 0 spiro atoms. The number of hydrogen-bond donors (Lipinski definition) is 3. The molecular weight excluding hydrogens is 406 g/mol. The Morgan fingerprint density at radius 2 is 1.94 bits per heavy atom. The summed E-state index contributed by atoms with van der Waals surface area (Å²) in [5, 5.41) is 14.8. The number of aliphatic hydroxyl groups excluding tert-OH is 1. The fraction of sp³-hybridized carbons (Fsp3) is 0.440. The molecule has 3 rings (SSSR count). The largest absolute Gasteiger partial charge is 0.493 e. The van der Waals surface area contributed by atoms with Gasteiger partial charge in [-0.05, 0) is 43.4 Å². The van der Waals surface area contributed by atoms with E-state index in [0.717, 1.165) is 30.4 Å². The van der Waals surface area contributed by atoms with E-state index >= 15 is 0 Å². The molecule has 7 heteroatoms. The normalized spacial score (nSPS) is 15.8. The molecule has 7 nitrogen and oxygen atoms in total. The molecule has 0 saturated heterocycles. The molecule has 32 heavy (non-hydrogen) atoms. The third-order valence-electron chi connectivity index (χ3n) is 5.36. The van der Waals surface area contributed by atoms with E-state index in [1.807, 2.05) is 24.3 Å². The predicted molar refractivity (Wildman–Crippen MR) is 123 cm³/mol. The number of ether oxygens (including phenoxy) is 1. The van der Waals surface area contributed by atoms with Gasteiger partial charge in [-0.2, -0.15) is 0 Å². The average Bonchev–Trinajstić information content (AvgIpc) is 2.81. The van der Waals surface area contributed by atoms with Crippen LogP contribution in [0.2, 0.25) is 0 Å². The quantitative estimate of drug-likeness (QED) is 0.602. The van der Waals surface area contributed by atoms with Crippen LogP contribution in [0.15, 0.2) is 48.5 Å². The van der Waals surface area contributed by atoms with Gasteiger partial charge in [0.25, 0.3) is 5.91 Å². The fourth-order valence-corrected chi connectivity index (χ4v) is 3.67. The Bertz CT molecular complexity index is 873. The number of carbonyl (C=O) groups excluding carboxylic acids is 2. The first-order valence-electron chi connectivity index (χ1n) is 11.3. The van der Waals surface area contributed by atoms with Crippen molar-refractivity contribution in [2.45, 2.75) is 38.8 Å². The maximum atomic E-state index is 12.5. The molecule has 2 aromatic carbocycles. The second kappa shape index (κ2) is 12.8. The van der Waals surface area contributed by atoms with Gasteiger partial charge < -0.3 is 20.5 Å². The van der Waals surface area contributed by atoms with Crippen molar-refractivity contribution in [3.05, 3.63) is 65.2 Å². The van der Waals surface area contributed by atoms with Gasteiger partial charge in [0.2, 0.25) is 5.91 Å². The molecule has 3 N–H and O–H groups in total. The molecule has 0 aromatic heterocycles. The van der Waals surface area contributed by atoms with E-state index in [-0.39, 0.29) is 25.0 Å². The highest BCUT2D eigenvalue weighted by Crippen LogP contribution is 2.24. The van der Waals surface area contributed by atoms with Crippen molar-refractivity contribution in [1.82, 2.24) is 15.5 Å². The zero-order valence-corrected chi connectivity index (χ0v) is 18.5. The van der Waals surface area contributed by atoms with E-state index in [1.165, 1.54) is 0 Å². The number of rotatable bonds is 6. The van der Waals surface area contributed by atoms with Gasteiger partial charge in [-0.3, -0.25) is 14.5 Å². The Labute approximate surface area is 189 Å². The zero-order chi connectivity index (χ0) is 22.6. The molecule has 2 aromatic rings. The topological polar surface area (TPSA) is 90.9 Å². The molecule has 1 aliphatic heterocycles. The molecule has 0 atom stereocenters.